The fraction of sp³-hybridized carbons (Fsp3) is 0.800. The van der Waals surface area contributed by atoms with Gasteiger partial charge < -0.3 is 61.9 Å². The van der Waals surface area contributed by atoms with E-state index in [-0.39, 0.29) is 32.7 Å². The van der Waals surface area contributed by atoms with Gasteiger partial charge in [-0.05, 0) is 0 Å². The SMILES string of the molecule is C=CC(=O)OCCOCCOCCOCCOCCOCCOCCOCCOCCOCCOCCOC(=O)CCC(=O)C(=O)O. The lowest BCUT2D eigenvalue weighted by atomic mass is 10.2. The van der Waals surface area contributed by atoms with Crippen molar-refractivity contribution in [2.75, 3.05) is 145 Å². The minimum absolute atomic E-state index is 0.00878. The summed E-state index contributed by atoms with van der Waals surface area (Å²) in [5.74, 6) is -3.72. The highest BCUT2D eigenvalue weighted by atomic mass is 16.6. The first-order valence-electron chi connectivity index (χ1n) is 15.5. The zero-order chi connectivity index (χ0) is 34.5. The van der Waals surface area contributed by atoms with E-state index >= 15 is 0 Å². The molecule has 0 aliphatic rings. The standard InChI is InChI=1S/C30H52O17/c1-2-28(32)46-25-23-44-21-19-42-17-15-40-13-11-38-9-7-36-5-6-37-8-10-39-12-14-41-16-18-43-20-22-45-24-26-47-29(33)4-3-27(31)30(34)35/h2H,1,3-26H2,(H,34,35). The van der Waals surface area contributed by atoms with Gasteiger partial charge in [0.25, 0.3) is 0 Å². The number of ketones is 1. The number of ether oxygens (including phenoxy) is 12. The van der Waals surface area contributed by atoms with Crippen LogP contribution in [-0.4, -0.2) is 174 Å². The third-order valence-electron chi connectivity index (χ3n) is 5.27. The molecule has 17 nitrogen and oxygen atoms in total. The van der Waals surface area contributed by atoms with Crippen molar-refractivity contribution in [3.8, 4) is 0 Å². The number of esters is 2. The van der Waals surface area contributed by atoms with Gasteiger partial charge in [-0.15, -0.1) is 0 Å². The summed E-state index contributed by atoms with van der Waals surface area (Å²) in [7, 11) is 0. The van der Waals surface area contributed by atoms with Crippen LogP contribution in [0.25, 0.3) is 0 Å². The van der Waals surface area contributed by atoms with Gasteiger partial charge in [-0.3, -0.25) is 9.59 Å². The number of carboxylic acid groups (broad SMARTS) is 1. The highest BCUT2D eigenvalue weighted by molar-refractivity contribution is 6.32. The van der Waals surface area contributed by atoms with E-state index in [1.165, 1.54) is 0 Å². The fourth-order valence-electron chi connectivity index (χ4n) is 2.95. The van der Waals surface area contributed by atoms with Gasteiger partial charge >= 0.3 is 17.9 Å². The monoisotopic (exact) mass is 684 g/mol. The van der Waals surface area contributed by atoms with Crippen LogP contribution in [0.4, 0.5) is 0 Å². The molecule has 0 saturated carbocycles. The number of aliphatic carboxylic acids is 1. The highest BCUT2D eigenvalue weighted by Crippen LogP contribution is 1.95. The fourth-order valence-corrected chi connectivity index (χ4v) is 2.95. The van der Waals surface area contributed by atoms with Gasteiger partial charge in [0.15, 0.2) is 0 Å². The number of hydrogen-bond donors (Lipinski definition) is 1. The van der Waals surface area contributed by atoms with E-state index in [0.717, 1.165) is 6.08 Å². The summed E-state index contributed by atoms with van der Waals surface area (Å²) < 4.78 is 63.4. The molecule has 0 aromatic rings. The van der Waals surface area contributed by atoms with Gasteiger partial charge in [0, 0.05) is 12.5 Å². The first-order valence-corrected chi connectivity index (χ1v) is 15.5. The maximum absolute atomic E-state index is 11.4. The zero-order valence-electron chi connectivity index (χ0n) is 27.2. The first kappa shape index (κ1) is 44.4. The Hall–Kier alpha value is -2.58. The molecule has 0 saturated heterocycles. The van der Waals surface area contributed by atoms with Crippen LogP contribution < -0.4 is 0 Å². The first-order chi connectivity index (χ1) is 23.0. The second-order valence-corrected chi connectivity index (χ2v) is 8.94. The van der Waals surface area contributed by atoms with Gasteiger partial charge in [-0.25, -0.2) is 9.59 Å². The number of rotatable bonds is 38. The van der Waals surface area contributed by atoms with Crippen molar-refractivity contribution in [1.82, 2.24) is 0 Å². The van der Waals surface area contributed by atoms with Crippen molar-refractivity contribution in [2.45, 2.75) is 12.8 Å². The molecule has 0 heterocycles. The van der Waals surface area contributed by atoms with Crippen LogP contribution in [0.3, 0.4) is 0 Å². The van der Waals surface area contributed by atoms with E-state index in [1.807, 2.05) is 0 Å². The largest absolute Gasteiger partial charge is 0.476 e. The Balaban J connectivity index is 3.13. The Labute approximate surface area is 275 Å². The van der Waals surface area contributed by atoms with Crippen LogP contribution in [-0.2, 0) is 76.0 Å². The summed E-state index contributed by atoms with van der Waals surface area (Å²) in [6, 6.07) is 0. The number of carbonyl (C=O) groups excluding carboxylic acids is 3. The number of carboxylic acids is 1. The smallest absolute Gasteiger partial charge is 0.372 e. The van der Waals surface area contributed by atoms with E-state index < -0.39 is 23.7 Å². The predicted octanol–water partition coefficient (Wildman–Crippen LogP) is -0.141. The molecule has 0 fully saturated rings. The van der Waals surface area contributed by atoms with Crippen molar-refractivity contribution >= 4 is 23.7 Å². The molecule has 0 aromatic heterocycles. The van der Waals surface area contributed by atoms with E-state index in [1.54, 1.807) is 0 Å². The van der Waals surface area contributed by atoms with Crippen LogP contribution in [0.5, 0.6) is 0 Å². The molecular weight excluding hydrogens is 632 g/mol. The minimum atomic E-state index is -1.57. The molecule has 0 radical (unpaired) electrons. The molecule has 0 amide bonds. The Kier molecular flexibility index (Phi) is 34.3. The normalized spacial score (nSPS) is 11.0. The van der Waals surface area contributed by atoms with Crippen molar-refractivity contribution in [1.29, 1.82) is 0 Å². The topological polar surface area (TPSA) is 199 Å². The Morgan fingerprint density at radius 3 is 0.915 bits per heavy atom. The lowest BCUT2D eigenvalue weighted by Crippen LogP contribution is -2.17. The number of hydrogen-bond acceptors (Lipinski definition) is 16. The molecule has 0 aromatic carbocycles. The second kappa shape index (κ2) is 36.3. The summed E-state index contributed by atoms with van der Waals surface area (Å²) in [5, 5.41) is 8.44. The van der Waals surface area contributed by atoms with Crippen molar-refractivity contribution < 1.29 is 81.1 Å². The van der Waals surface area contributed by atoms with Crippen LogP contribution in [0, 0.1) is 0 Å². The third kappa shape index (κ3) is 36.1. The van der Waals surface area contributed by atoms with E-state index in [9.17, 15) is 19.2 Å². The summed E-state index contributed by atoms with van der Waals surface area (Å²) in [5.41, 5.74) is 0. The Bertz CT molecular complexity index is 780. The molecule has 0 bridgehead atoms. The maximum Gasteiger partial charge on any atom is 0.372 e. The predicted molar refractivity (Wildman–Crippen MR) is 162 cm³/mol. The molecule has 1 N–H and O–H groups in total. The third-order valence-corrected chi connectivity index (χ3v) is 5.27. The zero-order valence-corrected chi connectivity index (χ0v) is 27.2. The van der Waals surface area contributed by atoms with Gasteiger partial charge in [0.05, 0.1) is 139 Å². The van der Waals surface area contributed by atoms with E-state index in [2.05, 4.69) is 6.58 Å². The highest BCUT2D eigenvalue weighted by Gasteiger charge is 2.14. The molecule has 47 heavy (non-hydrogen) atoms. The van der Waals surface area contributed by atoms with Gasteiger partial charge in [0.2, 0.25) is 5.78 Å². The number of Topliss-reactive ketones (excluding diaryl/α,β-unsaturated/α-hetero) is 1. The van der Waals surface area contributed by atoms with Gasteiger partial charge in [0.1, 0.15) is 13.2 Å². The quantitative estimate of drug-likeness (QED) is 0.0390. The molecule has 0 unspecified atom stereocenters. The molecule has 274 valence electrons. The molecule has 0 aliphatic carbocycles. The van der Waals surface area contributed by atoms with E-state index in [0.29, 0.717) is 126 Å². The van der Waals surface area contributed by atoms with Crippen molar-refractivity contribution in [3.05, 3.63) is 12.7 Å². The van der Waals surface area contributed by atoms with Crippen LogP contribution in [0.1, 0.15) is 12.8 Å². The molecule has 0 spiro atoms. The van der Waals surface area contributed by atoms with Crippen molar-refractivity contribution in [2.24, 2.45) is 0 Å². The molecule has 0 rings (SSSR count). The maximum atomic E-state index is 11.4. The van der Waals surface area contributed by atoms with Crippen molar-refractivity contribution in [3.63, 3.8) is 0 Å². The average molecular weight is 685 g/mol. The average Bonchev–Trinajstić information content (AvgIpc) is 3.07. The minimum Gasteiger partial charge on any atom is -0.476 e. The summed E-state index contributed by atoms with van der Waals surface area (Å²) in [6.45, 7) is 11.7. The summed E-state index contributed by atoms with van der Waals surface area (Å²) >= 11 is 0. The Morgan fingerprint density at radius 2 is 0.660 bits per heavy atom. The molecule has 0 atom stereocenters. The van der Waals surface area contributed by atoms with E-state index in [4.69, 9.17) is 61.9 Å². The molecule has 17 heteroatoms. The number of carbonyl (C=O) groups is 4. The lowest BCUT2D eigenvalue weighted by Gasteiger charge is -2.09. The lowest BCUT2D eigenvalue weighted by molar-refractivity contribution is -0.151. The second-order valence-electron chi connectivity index (χ2n) is 8.94. The summed E-state index contributed by atoms with van der Waals surface area (Å²) in [4.78, 5) is 43.4. The van der Waals surface area contributed by atoms with Crippen LogP contribution in [0.2, 0.25) is 0 Å². The Morgan fingerprint density at radius 1 is 0.404 bits per heavy atom. The van der Waals surface area contributed by atoms with Crippen LogP contribution in [0.15, 0.2) is 12.7 Å². The molecule has 0 aliphatic heterocycles. The van der Waals surface area contributed by atoms with Gasteiger partial charge in [-0.2, -0.15) is 0 Å². The van der Waals surface area contributed by atoms with Gasteiger partial charge in [-0.1, -0.05) is 6.58 Å². The molecular formula is C30H52O17. The van der Waals surface area contributed by atoms with Crippen LogP contribution >= 0.6 is 0 Å². The summed E-state index contributed by atoms with van der Waals surface area (Å²) in [6.07, 6.45) is 0.435.